The van der Waals surface area contributed by atoms with Crippen LogP contribution in [0.1, 0.15) is 29.7 Å². The van der Waals surface area contributed by atoms with Crippen LogP contribution in [0.25, 0.3) is 0 Å². The van der Waals surface area contributed by atoms with Crippen molar-refractivity contribution < 1.29 is 9.13 Å². The number of nitriles is 1. The fourth-order valence-electron chi connectivity index (χ4n) is 2.43. The molecule has 0 amide bonds. The molecule has 1 aromatic carbocycles. The smallest absolute Gasteiger partial charge is 0.237 e. The molecular formula is C16H12BrFN2O. The van der Waals surface area contributed by atoms with Gasteiger partial charge in [-0.1, -0.05) is 15.9 Å². The van der Waals surface area contributed by atoms with E-state index in [4.69, 9.17) is 4.74 Å². The number of ether oxygens (including phenoxy) is 1. The largest absolute Gasteiger partial charge is 0.435 e. The van der Waals surface area contributed by atoms with Crippen molar-refractivity contribution in [3.8, 4) is 17.7 Å². The van der Waals surface area contributed by atoms with Gasteiger partial charge < -0.3 is 4.74 Å². The quantitative estimate of drug-likeness (QED) is 0.802. The van der Waals surface area contributed by atoms with Gasteiger partial charge >= 0.3 is 0 Å². The number of fused-ring (bicyclic) bond motifs is 1. The minimum absolute atomic E-state index is 0.0676. The second-order valence-electron chi connectivity index (χ2n) is 4.94. The van der Waals surface area contributed by atoms with Crippen LogP contribution in [0.3, 0.4) is 0 Å². The standard InChI is InChI=1S/C16H12BrFN2O/c17-12-5-6-15(13(18)8-12)21-16-11(9-19)7-10-3-1-2-4-14(10)20-16/h5-8H,1-4H2. The number of halogens is 2. The van der Waals surface area contributed by atoms with E-state index in [1.807, 2.05) is 6.07 Å². The highest BCUT2D eigenvalue weighted by molar-refractivity contribution is 9.10. The molecular weight excluding hydrogens is 335 g/mol. The summed E-state index contributed by atoms with van der Waals surface area (Å²) in [5.74, 6) is -0.245. The predicted molar refractivity (Wildman–Crippen MR) is 79.8 cm³/mol. The Morgan fingerprint density at radius 1 is 1.24 bits per heavy atom. The number of hydrogen-bond acceptors (Lipinski definition) is 3. The summed E-state index contributed by atoms with van der Waals surface area (Å²) >= 11 is 3.20. The maximum Gasteiger partial charge on any atom is 0.237 e. The highest BCUT2D eigenvalue weighted by Crippen LogP contribution is 2.30. The van der Waals surface area contributed by atoms with Gasteiger partial charge in [0.1, 0.15) is 11.6 Å². The number of pyridine rings is 1. The summed E-state index contributed by atoms with van der Waals surface area (Å²) in [4.78, 5) is 4.42. The minimum atomic E-state index is -0.493. The number of rotatable bonds is 2. The first-order valence-corrected chi connectivity index (χ1v) is 7.52. The van der Waals surface area contributed by atoms with E-state index >= 15 is 0 Å². The van der Waals surface area contributed by atoms with Crippen molar-refractivity contribution in [2.75, 3.05) is 0 Å². The maximum absolute atomic E-state index is 13.8. The zero-order valence-corrected chi connectivity index (χ0v) is 12.8. The zero-order chi connectivity index (χ0) is 14.8. The first-order chi connectivity index (χ1) is 10.2. The van der Waals surface area contributed by atoms with Gasteiger partial charge in [-0.3, -0.25) is 0 Å². The first-order valence-electron chi connectivity index (χ1n) is 6.73. The third-order valence-corrected chi connectivity index (χ3v) is 3.98. The molecule has 0 N–H and O–H groups in total. The molecule has 0 bridgehead atoms. The molecule has 1 aromatic heterocycles. The van der Waals surface area contributed by atoms with Crippen LogP contribution in [0.15, 0.2) is 28.7 Å². The molecule has 1 heterocycles. The normalized spacial score (nSPS) is 13.4. The Hall–Kier alpha value is -1.93. The number of aryl methyl sites for hydroxylation is 2. The van der Waals surface area contributed by atoms with Gasteiger partial charge in [-0.2, -0.15) is 5.26 Å². The fourth-order valence-corrected chi connectivity index (χ4v) is 2.77. The average Bonchev–Trinajstić information content (AvgIpc) is 2.49. The second kappa shape index (κ2) is 5.82. The third kappa shape index (κ3) is 2.91. The number of benzene rings is 1. The lowest BCUT2D eigenvalue weighted by molar-refractivity contribution is 0.422. The van der Waals surface area contributed by atoms with Crippen LogP contribution >= 0.6 is 15.9 Å². The molecule has 0 radical (unpaired) electrons. The first kappa shape index (κ1) is 14.0. The molecule has 1 aliphatic carbocycles. The molecule has 3 rings (SSSR count). The maximum atomic E-state index is 13.8. The summed E-state index contributed by atoms with van der Waals surface area (Å²) in [7, 11) is 0. The zero-order valence-electron chi connectivity index (χ0n) is 11.2. The van der Waals surface area contributed by atoms with Crippen molar-refractivity contribution in [1.82, 2.24) is 4.98 Å². The van der Waals surface area contributed by atoms with E-state index in [2.05, 4.69) is 27.0 Å². The summed E-state index contributed by atoms with van der Waals surface area (Å²) in [5, 5.41) is 9.24. The highest BCUT2D eigenvalue weighted by Gasteiger charge is 2.17. The van der Waals surface area contributed by atoms with E-state index in [-0.39, 0.29) is 11.6 Å². The molecule has 0 atom stereocenters. The Balaban J connectivity index is 1.99. The molecule has 0 unspecified atom stereocenters. The van der Waals surface area contributed by atoms with Crippen molar-refractivity contribution in [2.24, 2.45) is 0 Å². The molecule has 0 aliphatic heterocycles. The topological polar surface area (TPSA) is 45.9 Å². The lowest BCUT2D eigenvalue weighted by Crippen LogP contribution is -2.07. The molecule has 1 aliphatic rings. The van der Waals surface area contributed by atoms with E-state index in [0.29, 0.717) is 10.0 Å². The van der Waals surface area contributed by atoms with Gasteiger partial charge in [0, 0.05) is 10.2 Å². The van der Waals surface area contributed by atoms with Crippen molar-refractivity contribution in [3.05, 3.63) is 51.4 Å². The summed E-state index contributed by atoms with van der Waals surface area (Å²) in [6.07, 6.45) is 4.00. The van der Waals surface area contributed by atoms with E-state index in [9.17, 15) is 9.65 Å². The SMILES string of the molecule is N#Cc1cc2c(nc1Oc1ccc(Br)cc1F)CCCC2. The fraction of sp³-hybridized carbons (Fsp3) is 0.250. The molecule has 21 heavy (non-hydrogen) atoms. The molecule has 0 saturated carbocycles. The van der Waals surface area contributed by atoms with Crippen molar-refractivity contribution in [2.45, 2.75) is 25.7 Å². The lowest BCUT2D eigenvalue weighted by Gasteiger charge is -2.16. The summed E-state index contributed by atoms with van der Waals surface area (Å²) in [6.45, 7) is 0. The monoisotopic (exact) mass is 346 g/mol. The molecule has 3 nitrogen and oxygen atoms in total. The van der Waals surface area contributed by atoms with Gasteiger partial charge in [-0.05, 0) is 55.5 Å². The van der Waals surface area contributed by atoms with Crippen LogP contribution in [0.4, 0.5) is 4.39 Å². The molecule has 0 fully saturated rings. The Bertz CT molecular complexity index is 740. The summed E-state index contributed by atoms with van der Waals surface area (Å²) in [6, 6.07) is 8.41. The van der Waals surface area contributed by atoms with E-state index < -0.39 is 5.82 Å². The molecule has 2 aromatic rings. The van der Waals surface area contributed by atoms with Crippen LogP contribution in [0, 0.1) is 17.1 Å². The van der Waals surface area contributed by atoms with Crippen molar-refractivity contribution >= 4 is 15.9 Å². The van der Waals surface area contributed by atoms with E-state index in [1.165, 1.54) is 12.1 Å². The van der Waals surface area contributed by atoms with Crippen LogP contribution in [0.5, 0.6) is 11.6 Å². The lowest BCUT2D eigenvalue weighted by atomic mass is 9.95. The van der Waals surface area contributed by atoms with Gasteiger partial charge in [-0.25, -0.2) is 9.37 Å². The number of nitrogens with zero attached hydrogens (tertiary/aromatic N) is 2. The average molecular weight is 347 g/mol. The molecule has 0 spiro atoms. The number of aromatic nitrogens is 1. The Kier molecular flexibility index (Phi) is 3.89. The molecule has 106 valence electrons. The van der Waals surface area contributed by atoms with Gasteiger partial charge in [0.05, 0.1) is 0 Å². The Labute approximate surface area is 130 Å². The minimum Gasteiger partial charge on any atom is -0.435 e. The van der Waals surface area contributed by atoms with Gasteiger partial charge in [0.2, 0.25) is 5.88 Å². The van der Waals surface area contributed by atoms with Gasteiger partial charge in [0.25, 0.3) is 0 Å². The van der Waals surface area contributed by atoms with Crippen LogP contribution in [0.2, 0.25) is 0 Å². The van der Waals surface area contributed by atoms with Crippen molar-refractivity contribution in [1.29, 1.82) is 5.26 Å². The highest BCUT2D eigenvalue weighted by atomic mass is 79.9. The third-order valence-electron chi connectivity index (χ3n) is 3.49. The van der Waals surface area contributed by atoms with Crippen LogP contribution in [-0.2, 0) is 12.8 Å². The van der Waals surface area contributed by atoms with Gasteiger partial charge in [0.15, 0.2) is 11.6 Å². The number of hydrogen-bond donors (Lipinski definition) is 0. The van der Waals surface area contributed by atoms with Gasteiger partial charge in [-0.15, -0.1) is 0 Å². The second-order valence-corrected chi connectivity index (χ2v) is 5.86. The molecule has 5 heteroatoms. The van der Waals surface area contributed by atoms with E-state index in [0.717, 1.165) is 36.9 Å². The van der Waals surface area contributed by atoms with Crippen molar-refractivity contribution in [3.63, 3.8) is 0 Å². The predicted octanol–water partition coefficient (Wildman–Crippen LogP) is 4.53. The Morgan fingerprint density at radius 3 is 2.81 bits per heavy atom. The molecule has 0 saturated heterocycles. The Morgan fingerprint density at radius 2 is 2.05 bits per heavy atom. The van der Waals surface area contributed by atoms with Crippen LogP contribution < -0.4 is 4.74 Å². The summed E-state index contributed by atoms with van der Waals surface area (Å²) < 4.78 is 20.0. The summed E-state index contributed by atoms with van der Waals surface area (Å²) in [5.41, 5.74) is 2.40. The van der Waals surface area contributed by atoms with Crippen LogP contribution in [-0.4, -0.2) is 4.98 Å². The van der Waals surface area contributed by atoms with E-state index in [1.54, 1.807) is 6.07 Å².